The van der Waals surface area contributed by atoms with E-state index in [1.165, 1.54) is 6.42 Å². The van der Waals surface area contributed by atoms with E-state index in [-0.39, 0.29) is 5.75 Å². The molecule has 0 atom stereocenters. The van der Waals surface area contributed by atoms with Crippen LogP contribution in [0.1, 0.15) is 38.5 Å². The van der Waals surface area contributed by atoms with Crippen molar-refractivity contribution in [3.05, 3.63) is 0 Å². The van der Waals surface area contributed by atoms with E-state index in [0.717, 1.165) is 58.3 Å². The zero-order valence-electron chi connectivity index (χ0n) is 16.9. The van der Waals surface area contributed by atoms with Crippen molar-refractivity contribution in [3.8, 4) is 0 Å². The number of likely N-dealkylation sites (tertiary alicyclic amines) is 1. The SMILES string of the molecule is CN=C(NCCS(=O)(=O)NCC1CCC1)NC1CCN(CCCOC)CC1. The smallest absolute Gasteiger partial charge is 0.213 e. The normalized spacial score (nSPS) is 20.4. The van der Waals surface area contributed by atoms with Gasteiger partial charge in [-0.3, -0.25) is 4.99 Å². The number of methoxy groups -OCH3 is 1. The molecule has 2 fully saturated rings. The third-order valence-corrected chi connectivity index (χ3v) is 6.80. The first-order valence-electron chi connectivity index (χ1n) is 10.2. The van der Waals surface area contributed by atoms with E-state index in [9.17, 15) is 8.42 Å². The number of nitrogens with one attached hydrogen (secondary N) is 3. The fraction of sp³-hybridized carbons (Fsp3) is 0.944. The lowest BCUT2D eigenvalue weighted by Crippen LogP contribution is -2.49. The highest BCUT2D eigenvalue weighted by Gasteiger charge is 2.21. The van der Waals surface area contributed by atoms with Crippen LogP contribution >= 0.6 is 0 Å². The third kappa shape index (κ3) is 8.76. The number of hydrogen-bond donors (Lipinski definition) is 3. The number of ether oxygens (including phenoxy) is 1. The van der Waals surface area contributed by atoms with Crippen LogP contribution in [-0.2, 0) is 14.8 Å². The van der Waals surface area contributed by atoms with Crippen LogP contribution in [0.2, 0.25) is 0 Å². The average Bonchev–Trinajstić information content (AvgIpc) is 2.61. The van der Waals surface area contributed by atoms with Crippen LogP contribution in [0.3, 0.4) is 0 Å². The van der Waals surface area contributed by atoms with Crippen molar-refractivity contribution in [3.63, 3.8) is 0 Å². The predicted octanol–water partition coefficient (Wildman–Crippen LogP) is 0.372. The minimum atomic E-state index is -3.22. The second-order valence-corrected chi connectivity index (χ2v) is 9.50. The standard InChI is InChI=1S/C18H37N5O3S/c1-19-18(20-9-14-27(24,25)21-15-16-5-3-6-16)22-17-7-11-23(12-8-17)10-4-13-26-2/h16-17,21H,3-15H2,1-2H3,(H2,19,20,22). The summed E-state index contributed by atoms with van der Waals surface area (Å²) in [5.74, 6) is 1.28. The molecule has 9 heteroatoms. The molecule has 3 N–H and O–H groups in total. The summed E-state index contributed by atoms with van der Waals surface area (Å²) in [4.78, 5) is 6.69. The Morgan fingerprint density at radius 3 is 2.56 bits per heavy atom. The Kier molecular flexibility index (Phi) is 9.81. The zero-order chi connectivity index (χ0) is 19.5. The molecular formula is C18H37N5O3S. The van der Waals surface area contributed by atoms with Gasteiger partial charge in [0.25, 0.3) is 0 Å². The maximum Gasteiger partial charge on any atom is 0.213 e. The summed E-state index contributed by atoms with van der Waals surface area (Å²) >= 11 is 0. The van der Waals surface area contributed by atoms with E-state index < -0.39 is 10.0 Å². The molecule has 0 aromatic carbocycles. The summed E-state index contributed by atoms with van der Waals surface area (Å²) in [6.45, 7) is 4.97. The minimum Gasteiger partial charge on any atom is -0.385 e. The van der Waals surface area contributed by atoms with Crippen molar-refractivity contribution in [1.82, 2.24) is 20.3 Å². The molecule has 0 amide bonds. The van der Waals surface area contributed by atoms with Crippen molar-refractivity contribution < 1.29 is 13.2 Å². The molecule has 2 rings (SSSR count). The van der Waals surface area contributed by atoms with Crippen LogP contribution in [0.25, 0.3) is 0 Å². The van der Waals surface area contributed by atoms with Crippen LogP contribution in [0.15, 0.2) is 4.99 Å². The Labute approximate surface area is 164 Å². The zero-order valence-corrected chi connectivity index (χ0v) is 17.7. The molecule has 2 aliphatic rings. The molecule has 0 bridgehead atoms. The van der Waals surface area contributed by atoms with Gasteiger partial charge in [-0.05, 0) is 38.0 Å². The second kappa shape index (κ2) is 11.8. The molecule has 1 aliphatic carbocycles. The van der Waals surface area contributed by atoms with Gasteiger partial charge in [-0.2, -0.15) is 0 Å². The monoisotopic (exact) mass is 403 g/mol. The Morgan fingerprint density at radius 2 is 1.96 bits per heavy atom. The first-order chi connectivity index (χ1) is 13.0. The Balaban J connectivity index is 1.60. The first-order valence-corrected chi connectivity index (χ1v) is 11.8. The van der Waals surface area contributed by atoms with Crippen molar-refractivity contribution in [2.45, 2.75) is 44.6 Å². The predicted molar refractivity (Wildman–Crippen MR) is 110 cm³/mol. The number of aliphatic imine (C=N–C) groups is 1. The summed E-state index contributed by atoms with van der Waals surface area (Å²) in [6, 6.07) is 0.378. The first kappa shape index (κ1) is 22.4. The molecule has 1 aliphatic heterocycles. The van der Waals surface area contributed by atoms with E-state index in [2.05, 4.69) is 25.2 Å². The molecule has 1 heterocycles. The van der Waals surface area contributed by atoms with Gasteiger partial charge in [0.1, 0.15) is 0 Å². The maximum atomic E-state index is 12.1. The Hall–Kier alpha value is -0.900. The number of sulfonamides is 1. The van der Waals surface area contributed by atoms with E-state index in [4.69, 9.17) is 4.74 Å². The number of nitrogens with zero attached hydrogens (tertiary/aromatic N) is 2. The van der Waals surface area contributed by atoms with Crippen LogP contribution in [-0.4, -0.2) is 84.6 Å². The number of piperidine rings is 1. The molecular weight excluding hydrogens is 366 g/mol. The van der Waals surface area contributed by atoms with Crippen LogP contribution in [0.5, 0.6) is 0 Å². The van der Waals surface area contributed by atoms with Gasteiger partial charge < -0.3 is 20.3 Å². The van der Waals surface area contributed by atoms with E-state index >= 15 is 0 Å². The van der Waals surface area contributed by atoms with Gasteiger partial charge in [0.2, 0.25) is 10.0 Å². The van der Waals surface area contributed by atoms with Crippen molar-refractivity contribution >= 4 is 16.0 Å². The van der Waals surface area contributed by atoms with Gasteiger partial charge in [0, 0.05) is 59.5 Å². The molecule has 1 saturated carbocycles. The summed E-state index contributed by atoms with van der Waals surface area (Å²) < 4.78 is 31.9. The molecule has 0 aromatic rings. The summed E-state index contributed by atoms with van der Waals surface area (Å²) in [6.07, 6.45) is 6.71. The summed E-state index contributed by atoms with van der Waals surface area (Å²) in [5, 5.41) is 6.55. The average molecular weight is 404 g/mol. The van der Waals surface area contributed by atoms with Gasteiger partial charge in [0.05, 0.1) is 5.75 Å². The van der Waals surface area contributed by atoms with Crippen LogP contribution in [0, 0.1) is 5.92 Å². The Bertz CT molecular complexity index is 543. The van der Waals surface area contributed by atoms with Gasteiger partial charge in [-0.1, -0.05) is 6.42 Å². The molecule has 0 spiro atoms. The number of hydrogen-bond acceptors (Lipinski definition) is 5. The maximum absolute atomic E-state index is 12.1. The molecule has 8 nitrogen and oxygen atoms in total. The summed E-state index contributed by atoms with van der Waals surface area (Å²) in [7, 11) is 0.241. The topological polar surface area (TPSA) is 95.1 Å². The second-order valence-electron chi connectivity index (χ2n) is 7.57. The van der Waals surface area contributed by atoms with Gasteiger partial charge in [-0.25, -0.2) is 13.1 Å². The molecule has 0 radical (unpaired) electrons. The quantitative estimate of drug-likeness (QED) is 0.262. The summed E-state index contributed by atoms with van der Waals surface area (Å²) in [5.41, 5.74) is 0. The molecule has 158 valence electrons. The number of rotatable bonds is 11. The van der Waals surface area contributed by atoms with Crippen LogP contribution in [0.4, 0.5) is 0 Å². The van der Waals surface area contributed by atoms with E-state index in [0.29, 0.717) is 31.0 Å². The fourth-order valence-electron chi connectivity index (χ4n) is 3.44. The number of guanidine groups is 1. The molecule has 0 aromatic heterocycles. The van der Waals surface area contributed by atoms with Gasteiger partial charge in [0.15, 0.2) is 5.96 Å². The largest absolute Gasteiger partial charge is 0.385 e. The highest BCUT2D eigenvalue weighted by molar-refractivity contribution is 7.89. The highest BCUT2D eigenvalue weighted by atomic mass is 32.2. The Morgan fingerprint density at radius 1 is 1.22 bits per heavy atom. The highest BCUT2D eigenvalue weighted by Crippen LogP contribution is 2.25. The van der Waals surface area contributed by atoms with Crippen LogP contribution < -0.4 is 15.4 Å². The van der Waals surface area contributed by atoms with Crippen molar-refractivity contribution in [1.29, 1.82) is 0 Å². The van der Waals surface area contributed by atoms with Crippen molar-refractivity contribution in [2.24, 2.45) is 10.9 Å². The lowest BCUT2D eigenvalue weighted by molar-refractivity contribution is 0.155. The molecule has 1 saturated heterocycles. The fourth-order valence-corrected chi connectivity index (χ4v) is 4.44. The lowest BCUT2D eigenvalue weighted by atomic mass is 9.86. The van der Waals surface area contributed by atoms with E-state index in [1.54, 1.807) is 14.2 Å². The third-order valence-electron chi connectivity index (χ3n) is 5.45. The molecule has 0 unspecified atom stereocenters. The van der Waals surface area contributed by atoms with Gasteiger partial charge >= 0.3 is 0 Å². The lowest BCUT2D eigenvalue weighted by Gasteiger charge is -2.33. The van der Waals surface area contributed by atoms with Crippen molar-refractivity contribution in [2.75, 3.05) is 59.2 Å². The van der Waals surface area contributed by atoms with Gasteiger partial charge in [-0.15, -0.1) is 0 Å². The molecule has 27 heavy (non-hydrogen) atoms. The van der Waals surface area contributed by atoms with E-state index in [1.807, 2.05) is 0 Å². The minimum absolute atomic E-state index is 0.0678.